The number of carbonyl (C=O) groups is 2. The molecule has 1 atom stereocenters. The topological polar surface area (TPSA) is 57.5 Å². The summed E-state index contributed by atoms with van der Waals surface area (Å²) in [5, 5.41) is 0. The van der Waals surface area contributed by atoms with Crippen molar-refractivity contribution in [2.75, 3.05) is 13.2 Å². The average molecular weight is 402 g/mol. The summed E-state index contributed by atoms with van der Waals surface area (Å²) in [5.41, 5.74) is 3.86. The molecule has 0 aromatic carbocycles. The largest absolute Gasteiger partial charge is 0.453 e. The van der Waals surface area contributed by atoms with Gasteiger partial charge in [0.05, 0.1) is 6.10 Å². The maximum absolute atomic E-state index is 12.7. The zero-order chi connectivity index (χ0) is 19.7. The molecule has 1 fully saturated rings. The normalized spacial score (nSPS) is 18.9. The number of hydrogen-bond donors (Lipinski definition) is 0. The van der Waals surface area contributed by atoms with Crippen molar-refractivity contribution in [3.05, 3.63) is 44.4 Å². The number of rotatable bonds is 6. The minimum atomic E-state index is -0.388. The van der Waals surface area contributed by atoms with Gasteiger partial charge >= 0.3 is 5.97 Å². The number of nitrogens with zero attached hydrogens (tertiary/aromatic N) is 1. The fourth-order valence-corrected chi connectivity index (χ4v) is 5.37. The van der Waals surface area contributed by atoms with Crippen molar-refractivity contribution in [3.8, 4) is 0 Å². The average Bonchev–Trinajstić information content (AvgIpc) is 3.41. The van der Waals surface area contributed by atoms with Crippen LogP contribution in [0.4, 0.5) is 0 Å². The van der Waals surface area contributed by atoms with Crippen LogP contribution in [0.25, 0.3) is 0 Å². The highest BCUT2D eigenvalue weighted by molar-refractivity contribution is 7.14. The van der Waals surface area contributed by atoms with Gasteiger partial charge in [-0.1, -0.05) is 0 Å². The molecule has 0 spiro atoms. The van der Waals surface area contributed by atoms with E-state index in [1.165, 1.54) is 34.6 Å². The van der Waals surface area contributed by atoms with Crippen LogP contribution in [0.3, 0.4) is 0 Å². The van der Waals surface area contributed by atoms with Crippen LogP contribution in [-0.2, 0) is 28.9 Å². The number of ether oxygens (including phenoxy) is 2. The van der Waals surface area contributed by atoms with E-state index >= 15 is 0 Å². The Hall–Kier alpha value is -1.92. The fraction of sp³-hybridized carbons (Fsp3) is 0.545. The van der Waals surface area contributed by atoms with Crippen molar-refractivity contribution in [1.82, 2.24) is 4.57 Å². The Morgan fingerprint density at radius 3 is 2.79 bits per heavy atom. The number of fused-ring (bicyclic) bond motifs is 1. The van der Waals surface area contributed by atoms with E-state index in [2.05, 4.69) is 4.57 Å². The highest BCUT2D eigenvalue weighted by atomic mass is 32.1. The van der Waals surface area contributed by atoms with Crippen LogP contribution in [0.1, 0.15) is 67.5 Å². The molecule has 0 saturated carbocycles. The van der Waals surface area contributed by atoms with Gasteiger partial charge in [0.15, 0.2) is 6.61 Å². The van der Waals surface area contributed by atoms with Gasteiger partial charge in [-0.3, -0.25) is 4.79 Å². The molecule has 0 radical (unpaired) electrons. The van der Waals surface area contributed by atoms with E-state index in [-0.39, 0.29) is 24.5 Å². The Balaban J connectivity index is 1.39. The third kappa shape index (κ3) is 3.94. The van der Waals surface area contributed by atoms with Crippen LogP contribution in [0.15, 0.2) is 12.1 Å². The minimum Gasteiger partial charge on any atom is -0.453 e. The second-order valence-electron chi connectivity index (χ2n) is 7.80. The number of thiophene rings is 1. The Labute approximate surface area is 169 Å². The van der Waals surface area contributed by atoms with Crippen molar-refractivity contribution in [1.29, 1.82) is 0 Å². The molecule has 1 aliphatic carbocycles. The van der Waals surface area contributed by atoms with Crippen LogP contribution < -0.4 is 0 Å². The third-order valence-corrected chi connectivity index (χ3v) is 7.03. The van der Waals surface area contributed by atoms with Crippen LogP contribution >= 0.6 is 11.3 Å². The van der Waals surface area contributed by atoms with Gasteiger partial charge in [-0.05, 0) is 70.1 Å². The number of aryl methyl sites for hydroxylation is 3. The first-order chi connectivity index (χ1) is 13.5. The van der Waals surface area contributed by atoms with Crippen molar-refractivity contribution in [2.45, 2.75) is 65.0 Å². The first-order valence-corrected chi connectivity index (χ1v) is 10.9. The molecule has 3 heterocycles. The summed E-state index contributed by atoms with van der Waals surface area (Å²) in [5.74, 6) is -0.540. The first-order valence-electron chi connectivity index (χ1n) is 10.1. The predicted octanol–water partition coefficient (Wildman–Crippen LogP) is 4.26. The number of carbonyl (C=O) groups excluding carboxylic acids is 2. The molecule has 5 nitrogen and oxygen atoms in total. The number of aromatic nitrogens is 1. The van der Waals surface area contributed by atoms with E-state index in [4.69, 9.17) is 9.47 Å². The molecule has 2 aromatic heterocycles. The lowest BCUT2D eigenvalue weighted by atomic mass is 9.99. The van der Waals surface area contributed by atoms with E-state index in [1.807, 2.05) is 26.0 Å². The van der Waals surface area contributed by atoms with Gasteiger partial charge in [0.1, 0.15) is 4.88 Å². The molecule has 0 amide bonds. The molecular weight excluding hydrogens is 374 g/mol. The molecule has 0 unspecified atom stereocenters. The van der Waals surface area contributed by atoms with Crippen molar-refractivity contribution < 1.29 is 19.1 Å². The summed E-state index contributed by atoms with van der Waals surface area (Å²) in [6.45, 7) is 5.32. The van der Waals surface area contributed by atoms with Gasteiger partial charge in [0, 0.05) is 35.0 Å². The highest BCUT2D eigenvalue weighted by Crippen LogP contribution is 2.30. The Morgan fingerprint density at radius 2 is 2.04 bits per heavy atom. The summed E-state index contributed by atoms with van der Waals surface area (Å²) in [6.07, 6.45) is 6.81. The number of esters is 1. The van der Waals surface area contributed by atoms with Crippen LogP contribution in [0.5, 0.6) is 0 Å². The van der Waals surface area contributed by atoms with Crippen LogP contribution in [-0.4, -0.2) is 35.6 Å². The fourth-order valence-electron chi connectivity index (χ4n) is 4.23. The monoisotopic (exact) mass is 401 g/mol. The number of Topliss-reactive ketones (excluding diaryl/α,β-unsaturated/α-hetero) is 1. The summed E-state index contributed by atoms with van der Waals surface area (Å²) < 4.78 is 13.2. The standard InChI is InChI=1S/C22H27NO4S/c1-14-10-18(15(2)23(14)12-17-7-5-9-26-17)19(24)13-27-22(25)21-11-16-6-3-4-8-20(16)28-21/h10-11,17H,3-9,12-13H2,1-2H3/t17-/m0/s1. The SMILES string of the molecule is Cc1cc(C(=O)COC(=O)c2cc3c(s2)CCCC3)c(C)n1C[C@@H]1CCCO1. The lowest BCUT2D eigenvalue weighted by Crippen LogP contribution is -2.18. The number of hydrogen-bond acceptors (Lipinski definition) is 5. The maximum Gasteiger partial charge on any atom is 0.348 e. The smallest absolute Gasteiger partial charge is 0.348 e. The highest BCUT2D eigenvalue weighted by Gasteiger charge is 2.23. The zero-order valence-electron chi connectivity index (χ0n) is 16.6. The lowest BCUT2D eigenvalue weighted by Gasteiger charge is -2.14. The molecule has 6 heteroatoms. The van der Waals surface area contributed by atoms with Crippen LogP contribution in [0, 0.1) is 13.8 Å². The zero-order valence-corrected chi connectivity index (χ0v) is 17.4. The summed E-state index contributed by atoms with van der Waals surface area (Å²) >= 11 is 1.51. The van der Waals surface area contributed by atoms with Gasteiger partial charge in [0.2, 0.25) is 5.78 Å². The first kappa shape index (κ1) is 19.4. The van der Waals surface area contributed by atoms with Crippen molar-refractivity contribution >= 4 is 23.1 Å². The molecular formula is C22H27NO4S. The van der Waals surface area contributed by atoms with E-state index in [9.17, 15) is 9.59 Å². The molecule has 0 bridgehead atoms. The molecule has 28 heavy (non-hydrogen) atoms. The Morgan fingerprint density at radius 1 is 1.21 bits per heavy atom. The van der Waals surface area contributed by atoms with E-state index in [1.54, 1.807) is 0 Å². The lowest BCUT2D eigenvalue weighted by molar-refractivity contribution is 0.0479. The molecule has 2 aromatic rings. The van der Waals surface area contributed by atoms with E-state index in [0.29, 0.717) is 10.4 Å². The summed E-state index contributed by atoms with van der Waals surface area (Å²) in [6, 6.07) is 3.84. The molecule has 1 saturated heterocycles. The molecule has 0 N–H and O–H groups in total. The van der Waals surface area contributed by atoms with Crippen molar-refractivity contribution in [2.24, 2.45) is 0 Å². The minimum absolute atomic E-state index is 0.152. The van der Waals surface area contributed by atoms with Gasteiger partial charge in [-0.15, -0.1) is 11.3 Å². The Bertz CT molecular complexity index is 865. The van der Waals surface area contributed by atoms with E-state index in [0.717, 1.165) is 50.2 Å². The molecule has 1 aliphatic heterocycles. The third-order valence-electron chi connectivity index (χ3n) is 5.82. The molecule has 4 rings (SSSR count). The molecule has 150 valence electrons. The number of ketones is 1. The van der Waals surface area contributed by atoms with Gasteiger partial charge in [0.25, 0.3) is 0 Å². The van der Waals surface area contributed by atoms with E-state index < -0.39 is 0 Å². The molecule has 2 aliphatic rings. The van der Waals surface area contributed by atoms with Crippen molar-refractivity contribution in [3.63, 3.8) is 0 Å². The summed E-state index contributed by atoms with van der Waals surface area (Å²) in [7, 11) is 0. The maximum atomic E-state index is 12.7. The summed E-state index contributed by atoms with van der Waals surface area (Å²) in [4.78, 5) is 27.0. The van der Waals surface area contributed by atoms with Gasteiger partial charge in [-0.25, -0.2) is 4.79 Å². The Kier molecular flexibility index (Phi) is 5.69. The second-order valence-corrected chi connectivity index (χ2v) is 8.93. The van der Waals surface area contributed by atoms with Gasteiger partial charge in [-0.2, -0.15) is 0 Å². The van der Waals surface area contributed by atoms with Gasteiger partial charge < -0.3 is 14.0 Å². The van der Waals surface area contributed by atoms with Crippen LogP contribution in [0.2, 0.25) is 0 Å². The second kappa shape index (κ2) is 8.21. The predicted molar refractivity (Wildman–Crippen MR) is 108 cm³/mol. The quantitative estimate of drug-likeness (QED) is 0.536.